The summed E-state index contributed by atoms with van der Waals surface area (Å²) in [5, 5.41) is 9.74. The molecule has 2 rings (SSSR count). The zero-order chi connectivity index (χ0) is 16.8. The van der Waals surface area contributed by atoms with E-state index < -0.39 is 0 Å². The quantitative estimate of drug-likeness (QED) is 0.785. The van der Waals surface area contributed by atoms with Gasteiger partial charge in [0.1, 0.15) is 0 Å². The van der Waals surface area contributed by atoms with Crippen LogP contribution >= 0.6 is 11.3 Å². The highest BCUT2D eigenvalue weighted by atomic mass is 32.1. The first-order chi connectivity index (χ1) is 11.0. The van der Waals surface area contributed by atoms with Crippen LogP contribution in [0.2, 0.25) is 0 Å². The summed E-state index contributed by atoms with van der Waals surface area (Å²) in [6, 6.07) is 6.33. The molecule has 0 aromatic carbocycles. The summed E-state index contributed by atoms with van der Waals surface area (Å²) in [4.78, 5) is 13.7. The fraction of sp³-hybridized carbons (Fsp3) is 0.556. The molecule has 0 radical (unpaired) electrons. The summed E-state index contributed by atoms with van der Waals surface area (Å²) in [6.45, 7) is 9.01. The third-order valence-corrected chi connectivity index (χ3v) is 5.30. The van der Waals surface area contributed by atoms with Gasteiger partial charge in [-0.05, 0) is 37.3 Å². The van der Waals surface area contributed by atoms with E-state index >= 15 is 0 Å². The smallest absolute Gasteiger partial charge is 0.222 e. The lowest BCUT2D eigenvalue weighted by Gasteiger charge is -2.25. The molecule has 126 valence electrons. The minimum Gasteiger partial charge on any atom is -0.348 e. The first-order valence-corrected chi connectivity index (χ1v) is 9.26. The topological polar surface area (TPSA) is 46.9 Å². The maximum absolute atomic E-state index is 12.4. The second-order valence-electron chi connectivity index (χ2n) is 6.04. The number of amides is 1. The van der Waals surface area contributed by atoms with Crippen LogP contribution in [-0.4, -0.2) is 15.7 Å². The number of carbonyl (C=O) groups is 1. The number of aromatic nitrogens is 2. The first-order valence-electron chi connectivity index (χ1n) is 8.39. The Bertz CT molecular complexity index is 614. The number of hydrogen-bond donors (Lipinski definition) is 1. The number of aryl methyl sites for hydroxylation is 3. The Morgan fingerprint density at radius 3 is 2.61 bits per heavy atom. The highest BCUT2D eigenvalue weighted by Crippen LogP contribution is 2.30. The van der Waals surface area contributed by atoms with Gasteiger partial charge >= 0.3 is 0 Å². The Morgan fingerprint density at radius 1 is 1.35 bits per heavy atom. The molecule has 1 unspecified atom stereocenters. The Balaban J connectivity index is 1.99. The molecule has 0 aliphatic heterocycles. The normalized spacial score (nSPS) is 12.6. The van der Waals surface area contributed by atoms with Crippen molar-refractivity contribution in [3.05, 3.63) is 39.8 Å². The van der Waals surface area contributed by atoms with Crippen LogP contribution in [0.15, 0.2) is 23.6 Å². The summed E-state index contributed by atoms with van der Waals surface area (Å²) in [5.74, 6) is 0.578. The van der Waals surface area contributed by atoms with Gasteiger partial charge < -0.3 is 5.32 Å². The van der Waals surface area contributed by atoms with Crippen molar-refractivity contribution >= 4 is 17.2 Å². The maximum atomic E-state index is 12.4. The van der Waals surface area contributed by atoms with Gasteiger partial charge in [-0.3, -0.25) is 9.48 Å². The van der Waals surface area contributed by atoms with Gasteiger partial charge in [0.15, 0.2) is 0 Å². The van der Waals surface area contributed by atoms with Gasteiger partial charge in [0, 0.05) is 23.5 Å². The van der Waals surface area contributed by atoms with Gasteiger partial charge in [-0.15, -0.1) is 11.3 Å². The van der Waals surface area contributed by atoms with Crippen LogP contribution in [0.3, 0.4) is 0 Å². The zero-order valence-electron chi connectivity index (χ0n) is 14.5. The van der Waals surface area contributed by atoms with Gasteiger partial charge in [0.2, 0.25) is 5.91 Å². The molecule has 1 amide bonds. The van der Waals surface area contributed by atoms with Crippen molar-refractivity contribution in [3.63, 3.8) is 0 Å². The molecule has 1 N–H and O–H groups in total. The zero-order valence-corrected chi connectivity index (χ0v) is 15.3. The number of hydrogen-bond acceptors (Lipinski definition) is 3. The summed E-state index contributed by atoms with van der Waals surface area (Å²) >= 11 is 1.72. The number of rotatable bonds is 8. The van der Waals surface area contributed by atoms with Crippen LogP contribution in [0.4, 0.5) is 0 Å². The molecule has 0 spiro atoms. The van der Waals surface area contributed by atoms with E-state index in [0.717, 1.165) is 24.2 Å². The molecular formula is C18H27N3OS. The molecule has 2 aromatic rings. The van der Waals surface area contributed by atoms with Crippen molar-refractivity contribution in [3.8, 4) is 0 Å². The van der Waals surface area contributed by atoms with Crippen LogP contribution in [0, 0.1) is 19.8 Å². The lowest BCUT2D eigenvalue weighted by molar-refractivity contribution is -0.122. The van der Waals surface area contributed by atoms with Crippen molar-refractivity contribution < 1.29 is 4.79 Å². The van der Waals surface area contributed by atoms with E-state index in [4.69, 9.17) is 0 Å². The van der Waals surface area contributed by atoms with E-state index in [1.165, 1.54) is 4.88 Å². The fourth-order valence-corrected chi connectivity index (χ4v) is 3.87. The highest BCUT2D eigenvalue weighted by molar-refractivity contribution is 7.10. The average Bonchev–Trinajstić information content (AvgIpc) is 3.15. The Morgan fingerprint density at radius 2 is 2.09 bits per heavy atom. The highest BCUT2D eigenvalue weighted by Gasteiger charge is 2.23. The molecular weight excluding hydrogens is 306 g/mol. The van der Waals surface area contributed by atoms with Crippen LogP contribution in [0.1, 0.15) is 55.4 Å². The second-order valence-corrected chi connectivity index (χ2v) is 7.02. The van der Waals surface area contributed by atoms with Crippen LogP contribution < -0.4 is 5.32 Å². The number of nitrogens with one attached hydrogen (secondary N) is 1. The molecule has 0 aliphatic carbocycles. The fourth-order valence-electron chi connectivity index (χ4n) is 3.00. The van der Waals surface area contributed by atoms with Crippen LogP contribution in [0.25, 0.3) is 0 Å². The minimum atomic E-state index is 0.0999. The molecule has 0 bridgehead atoms. The summed E-state index contributed by atoms with van der Waals surface area (Å²) < 4.78 is 1.91. The van der Waals surface area contributed by atoms with Gasteiger partial charge in [-0.1, -0.05) is 32.8 Å². The predicted molar refractivity (Wildman–Crippen MR) is 95.6 cm³/mol. The Kier molecular flexibility index (Phi) is 6.39. The maximum Gasteiger partial charge on any atom is 0.222 e. The van der Waals surface area contributed by atoms with Gasteiger partial charge in [-0.25, -0.2) is 0 Å². The van der Waals surface area contributed by atoms with Crippen molar-refractivity contribution in [2.24, 2.45) is 5.92 Å². The molecule has 5 heteroatoms. The summed E-state index contributed by atoms with van der Waals surface area (Å²) in [7, 11) is 0. The number of nitrogens with zero attached hydrogens (tertiary/aromatic N) is 2. The number of carbonyl (C=O) groups excluding carboxylic acids is 1. The van der Waals surface area contributed by atoms with Gasteiger partial charge in [0.05, 0.1) is 11.7 Å². The van der Waals surface area contributed by atoms with E-state index in [0.29, 0.717) is 18.9 Å². The minimum absolute atomic E-state index is 0.0999. The van der Waals surface area contributed by atoms with Crippen LogP contribution in [-0.2, 0) is 11.3 Å². The van der Waals surface area contributed by atoms with E-state index in [1.807, 2.05) is 24.6 Å². The molecule has 0 fully saturated rings. The molecule has 0 aliphatic rings. The SMILES string of the molecule is CCC(CC)C(NC(=O)CCn1nc(C)cc1C)c1cccs1. The third-order valence-electron chi connectivity index (χ3n) is 4.34. The molecule has 0 saturated carbocycles. The molecule has 4 nitrogen and oxygen atoms in total. The standard InChI is InChI=1S/C18H27N3OS/c1-5-15(6-2)18(16-8-7-11-23-16)19-17(22)9-10-21-14(4)12-13(3)20-21/h7-8,11-12,15,18H,5-6,9-10H2,1-4H3,(H,19,22). The number of thiophene rings is 1. The largest absolute Gasteiger partial charge is 0.348 e. The molecule has 23 heavy (non-hydrogen) atoms. The Hall–Kier alpha value is -1.62. The predicted octanol–water partition coefficient (Wildman–Crippen LogP) is 4.25. The van der Waals surface area contributed by atoms with Crippen molar-refractivity contribution in [1.82, 2.24) is 15.1 Å². The Labute approximate surface area is 142 Å². The van der Waals surface area contributed by atoms with E-state index in [-0.39, 0.29) is 11.9 Å². The van der Waals surface area contributed by atoms with Crippen molar-refractivity contribution in [1.29, 1.82) is 0 Å². The van der Waals surface area contributed by atoms with Crippen molar-refractivity contribution in [2.45, 2.75) is 59.5 Å². The van der Waals surface area contributed by atoms with E-state index in [9.17, 15) is 4.79 Å². The van der Waals surface area contributed by atoms with Crippen molar-refractivity contribution in [2.75, 3.05) is 0 Å². The summed E-state index contributed by atoms with van der Waals surface area (Å²) in [5.41, 5.74) is 2.10. The third kappa shape index (κ3) is 4.67. The molecule has 0 saturated heterocycles. The molecule has 1 atom stereocenters. The lowest BCUT2D eigenvalue weighted by Crippen LogP contribution is -2.33. The van der Waals surface area contributed by atoms with Crippen LogP contribution in [0.5, 0.6) is 0 Å². The second kappa shape index (κ2) is 8.29. The van der Waals surface area contributed by atoms with E-state index in [2.05, 4.69) is 41.8 Å². The average molecular weight is 334 g/mol. The first kappa shape index (κ1) is 17.7. The summed E-state index contributed by atoms with van der Waals surface area (Å²) in [6.07, 6.45) is 2.59. The molecule has 2 aromatic heterocycles. The van der Waals surface area contributed by atoms with Gasteiger partial charge in [-0.2, -0.15) is 5.10 Å². The van der Waals surface area contributed by atoms with Gasteiger partial charge in [0.25, 0.3) is 0 Å². The van der Waals surface area contributed by atoms with E-state index in [1.54, 1.807) is 11.3 Å². The monoisotopic (exact) mass is 333 g/mol. The lowest BCUT2D eigenvalue weighted by atomic mass is 9.93. The molecule has 2 heterocycles.